The van der Waals surface area contributed by atoms with Gasteiger partial charge in [0.15, 0.2) is 0 Å². The van der Waals surface area contributed by atoms with Crippen LogP contribution in [-0.4, -0.2) is 25.8 Å². The van der Waals surface area contributed by atoms with Crippen LogP contribution in [0.4, 0.5) is 10.1 Å². The highest BCUT2D eigenvalue weighted by molar-refractivity contribution is 7.89. The van der Waals surface area contributed by atoms with Crippen molar-refractivity contribution in [2.45, 2.75) is 50.5 Å². The average Bonchev–Trinajstić information content (AvgIpc) is 2.37. The maximum atomic E-state index is 13.1. The molecule has 0 unspecified atom stereocenters. The monoisotopic (exact) mass is 314 g/mol. The molecule has 0 atom stereocenters. The third-order valence-electron chi connectivity index (χ3n) is 4.45. The highest BCUT2D eigenvalue weighted by Gasteiger charge is 2.34. The molecule has 6 heteroatoms. The van der Waals surface area contributed by atoms with E-state index in [1.807, 2.05) is 0 Å². The van der Waals surface area contributed by atoms with Gasteiger partial charge in [-0.25, -0.2) is 12.8 Å². The molecule has 0 radical (unpaired) electrons. The number of benzene rings is 1. The third kappa shape index (κ3) is 3.37. The van der Waals surface area contributed by atoms with Gasteiger partial charge in [-0.1, -0.05) is 13.8 Å². The largest absolute Gasteiger partial charge is 0.398 e. The SMILES string of the molecule is CN(C1CCC(C)(C)CC1)S(=O)(=O)c1ccc(F)cc1N. The number of hydrogen-bond donors (Lipinski definition) is 1. The molecule has 1 aliphatic rings. The van der Waals surface area contributed by atoms with Gasteiger partial charge >= 0.3 is 0 Å². The summed E-state index contributed by atoms with van der Waals surface area (Å²) in [5, 5.41) is 0. The molecule has 1 aromatic carbocycles. The molecule has 0 spiro atoms. The molecule has 1 aliphatic carbocycles. The molecule has 4 nitrogen and oxygen atoms in total. The predicted octanol–water partition coefficient (Wildman–Crippen LogP) is 3.00. The van der Waals surface area contributed by atoms with Gasteiger partial charge in [0, 0.05) is 13.1 Å². The summed E-state index contributed by atoms with van der Waals surface area (Å²) in [6, 6.07) is 3.39. The van der Waals surface area contributed by atoms with Gasteiger partial charge in [0.2, 0.25) is 10.0 Å². The first-order chi connectivity index (χ1) is 9.63. The highest BCUT2D eigenvalue weighted by Crippen LogP contribution is 2.38. The number of rotatable bonds is 3. The van der Waals surface area contributed by atoms with Crippen molar-refractivity contribution in [1.82, 2.24) is 4.31 Å². The smallest absolute Gasteiger partial charge is 0.245 e. The molecular formula is C15H23FN2O2S. The second-order valence-electron chi connectivity index (χ2n) is 6.60. The van der Waals surface area contributed by atoms with Crippen molar-refractivity contribution >= 4 is 15.7 Å². The molecule has 1 saturated carbocycles. The predicted molar refractivity (Wildman–Crippen MR) is 81.8 cm³/mol. The number of hydrogen-bond acceptors (Lipinski definition) is 3. The molecule has 0 bridgehead atoms. The van der Waals surface area contributed by atoms with Gasteiger partial charge in [0.25, 0.3) is 0 Å². The minimum atomic E-state index is -3.68. The number of sulfonamides is 1. The fourth-order valence-electron chi connectivity index (χ4n) is 2.85. The lowest BCUT2D eigenvalue weighted by Crippen LogP contribution is -2.41. The summed E-state index contributed by atoms with van der Waals surface area (Å²) in [5.74, 6) is -0.534. The third-order valence-corrected chi connectivity index (χ3v) is 6.44. The Morgan fingerprint density at radius 3 is 2.38 bits per heavy atom. The zero-order valence-electron chi connectivity index (χ0n) is 12.8. The molecule has 0 saturated heterocycles. The molecule has 0 aromatic heterocycles. The lowest BCUT2D eigenvalue weighted by Gasteiger charge is -2.38. The fourth-order valence-corrected chi connectivity index (χ4v) is 4.36. The Balaban J connectivity index is 2.23. The van der Waals surface area contributed by atoms with Crippen LogP contribution in [0.1, 0.15) is 39.5 Å². The summed E-state index contributed by atoms with van der Waals surface area (Å²) in [4.78, 5) is -0.0174. The van der Waals surface area contributed by atoms with Crippen molar-refractivity contribution in [3.8, 4) is 0 Å². The van der Waals surface area contributed by atoms with Gasteiger partial charge in [0.05, 0.1) is 5.69 Å². The van der Waals surface area contributed by atoms with Gasteiger partial charge in [-0.3, -0.25) is 0 Å². The van der Waals surface area contributed by atoms with E-state index >= 15 is 0 Å². The van der Waals surface area contributed by atoms with Crippen LogP contribution in [0.3, 0.4) is 0 Å². The van der Waals surface area contributed by atoms with Crippen LogP contribution in [0.25, 0.3) is 0 Å². The molecule has 118 valence electrons. The molecule has 1 fully saturated rings. The van der Waals surface area contributed by atoms with Crippen LogP contribution in [-0.2, 0) is 10.0 Å². The Bertz CT molecular complexity index is 619. The molecule has 0 heterocycles. The maximum Gasteiger partial charge on any atom is 0.245 e. The first kappa shape index (κ1) is 16.2. The van der Waals surface area contributed by atoms with E-state index in [1.165, 1.54) is 10.4 Å². The first-order valence-corrected chi connectivity index (χ1v) is 8.60. The number of nitrogen functional groups attached to an aromatic ring is 1. The Labute approximate surface area is 126 Å². The zero-order valence-corrected chi connectivity index (χ0v) is 13.6. The van der Waals surface area contributed by atoms with Crippen LogP contribution in [0.5, 0.6) is 0 Å². The van der Waals surface area contributed by atoms with Crippen LogP contribution in [0, 0.1) is 11.2 Å². The topological polar surface area (TPSA) is 63.4 Å². The van der Waals surface area contributed by atoms with E-state index in [2.05, 4.69) is 13.8 Å². The molecule has 0 amide bonds. The van der Waals surface area contributed by atoms with E-state index in [-0.39, 0.29) is 22.0 Å². The average molecular weight is 314 g/mol. The Hall–Kier alpha value is -1.14. The Kier molecular flexibility index (Phi) is 4.31. The van der Waals surface area contributed by atoms with Gasteiger partial charge in [-0.15, -0.1) is 0 Å². The van der Waals surface area contributed by atoms with E-state index in [4.69, 9.17) is 5.73 Å². The van der Waals surface area contributed by atoms with Gasteiger partial charge in [-0.05, 0) is 49.3 Å². The highest BCUT2D eigenvalue weighted by atomic mass is 32.2. The quantitative estimate of drug-likeness (QED) is 0.872. The standard InChI is InChI=1S/C15H23FN2O2S/c1-15(2)8-6-12(7-9-15)18(3)21(19,20)14-5-4-11(16)10-13(14)17/h4-5,10,12H,6-9,17H2,1-3H3. The van der Waals surface area contributed by atoms with E-state index in [9.17, 15) is 12.8 Å². The lowest BCUT2D eigenvalue weighted by molar-refractivity contribution is 0.174. The maximum absolute atomic E-state index is 13.1. The van der Waals surface area contributed by atoms with Crippen LogP contribution in [0.2, 0.25) is 0 Å². The van der Waals surface area contributed by atoms with E-state index in [0.717, 1.165) is 37.8 Å². The fraction of sp³-hybridized carbons (Fsp3) is 0.600. The van der Waals surface area contributed by atoms with Crippen LogP contribution < -0.4 is 5.73 Å². The van der Waals surface area contributed by atoms with Crippen LogP contribution >= 0.6 is 0 Å². The van der Waals surface area contributed by atoms with Crippen LogP contribution in [0.15, 0.2) is 23.1 Å². The summed E-state index contributed by atoms with van der Waals surface area (Å²) in [6.07, 6.45) is 3.67. The normalized spacial score (nSPS) is 19.9. The molecule has 0 aliphatic heterocycles. The molecule has 1 aromatic rings. The number of nitrogens with two attached hydrogens (primary N) is 1. The minimum Gasteiger partial charge on any atom is -0.398 e. The first-order valence-electron chi connectivity index (χ1n) is 7.16. The van der Waals surface area contributed by atoms with E-state index < -0.39 is 15.8 Å². The van der Waals surface area contributed by atoms with Crippen molar-refractivity contribution in [2.24, 2.45) is 5.41 Å². The summed E-state index contributed by atoms with van der Waals surface area (Å²) in [5.41, 5.74) is 5.90. The summed E-state index contributed by atoms with van der Waals surface area (Å²) in [7, 11) is -2.10. The minimum absolute atomic E-state index is 0.0174. The van der Waals surface area contributed by atoms with Crippen molar-refractivity contribution in [3.63, 3.8) is 0 Å². The van der Waals surface area contributed by atoms with Gasteiger partial charge in [-0.2, -0.15) is 4.31 Å². The van der Waals surface area contributed by atoms with Gasteiger partial charge < -0.3 is 5.73 Å². The van der Waals surface area contributed by atoms with Crippen molar-refractivity contribution in [2.75, 3.05) is 12.8 Å². The second kappa shape index (κ2) is 5.57. The number of anilines is 1. The lowest BCUT2D eigenvalue weighted by atomic mass is 9.76. The van der Waals surface area contributed by atoms with E-state index in [0.29, 0.717) is 0 Å². The second-order valence-corrected chi connectivity index (χ2v) is 8.56. The number of nitrogens with zero attached hydrogens (tertiary/aromatic N) is 1. The Morgan fingerprint density at radius 1 is 1.29 bits per heavy atom. The summed E-state index contributed by atoms with van der Waals surface area (Å²) >= 11 is 0. The molecular weight excluding hydrogens is 291 g/mol. The van der Waals surface area contributed by atoms with Gasteiger partial charge in [0.1, 0.15) is 10.7 Å². The molecule has 2 rings (SSSR count). The molecule has 2 N–H and O–H groups in total. The van der Waals surface area contributed by atoms with E-state index in [1.54, 1.807) is 7.05 Å². The Morgan fingerprint density at radius 2 is 1.86 bits per heavy atom. The van der Waals surface area contributed by atoms with Crippen molar-refractivity contribution in [1.29, 1.82) is 0 Å². The summed E-state index contributed by atoms with van der Waals surface area (Å²) in [6.45, 7) is 4.41. The summed E-state index contributed by atoms with van der Waals surface area (Å²) < 4.78 is 39.8. The zero-order chi connectivity index (χ0) is 15.8. The van der Waals surface area contributed by atoms with Crippen molar-refractivity contribution < 1.29 is 12.8 Å². The number of halogens is 1. The molecule has 21 heavy (non-hydrogen) atoms. The van der Waals surface area contributed by atoms with Crippen molar-refractivity contribution in [3.05, 3.63) is 24.0 Å².